The van der Waals surface area contributed by atoms with Crippen molar-refractivity contribution in [2.75, 3.05) is 0 Å². The monoisotopic (exact) mass is 404 g/mol. The third-order valence-corrected chi connectivity index (χ3v) is 4.57. The van der Waals surface area contributed by atoms with Crippen LogP contribution in [0.4, 0.5) is 0 Å². The summed E-state index contributed by atoms with van der Waals surface area (Å²) in [7, 11) is 0. The molecule has 0 fully saturated rings. The lowest BCUT2D eigenvalue weighted by atomic mass is 10.2. The van der Waals surface area contributed by atoms with Gasteiger partial charge in [0, 0.05) is 0 Å². The van der Waals surface area contributed by atoms with Crippen molar-refractivity contribution in [1.29, 1.82) is 0 Å². The standard InChI is InChI=1S/C22H20N4O4/c1-15-17(11-12-29-15)22(28)25-24-21(27)13-26-19-10-6-5-9-18(19)23-20(26)14-30-16-7-3-2-4-8-16/h2-12H,13-14H2,1H3,(H,24,27)(H,25,28). The number of carbonyl (C=O) groups is 2. The van der Waals surface area contributed by atoms with Gasteiger partial charge in [0.05, 0.1) is 22.9 Å². The molecule has 2 amide bonds. The summed E-state index contributed by atoms with van der Waals surface area (Å²) in [6.07, 6.45) is 1.42. The maximum absolute atomic E-state index is 12.5. The van der Waals surface area contributed by atoms with E-state index in [0.29, 0.717) is 22.9 Å². The number of rotatable bonds is 6. The number of hydrogen-bond acceptors (Lipinski definition) is 5. The Morgan fingerprint density at radius 1 is 1.03 bits per heavy atom. The normalized spacial score (nSPS) is 10.7. The summed E-state index contributed by atoms with van der Waals surface area (Å²) in [6, 6.07) is 18.4. The first-order valence-corrected chi connectivity index (χ1v) is 9.37. The summed E-state index contributed by atoms with van der Waals surface area (Å²) < 4.78 is 12.7. The van der Waals surface area contributed by atoms with Gasteiger partial charge in [0.2, 0.25) is 0 Å². The Hall–Kier alpha value is -4.07. The molecule has 0 radical (unpaired) electrons. The van der Waals surface area contributed by atoms with E-state index in [0.717, 1.165) is 11.0 Å². The number of hydrazine groups is 1. The van der Waals surface area contributed by atoms with Gasteiger partial charge in [-0.05, 0) is 37.3 Å². The molecule has 8 nitrogen and oxygen atoms in total. The molecule has 0 aliphatic carbocycles. The minimum absolute atomic E-state index is 0.0291. The van der Waals surface area contributed by atoms with Crippen molar-refractivity contribution in [2.45, 2.75) is 20.1 Å². The third-order valence-electron chi connectivity index (χ3n) is 4.57. The molecule has 2 aromatic carbocycles. The van der Waals surface area contributed by atoms with Gasteiger partial charge >= 0.3 is 0 Å². The Bertz CT molecular complexity index is 1180. The van der Waals surface area contributed by atoms with Gasteiger partial charge in [-0.1, -0.05) is 30.3 Å². The fraction of sp³-hybridized carbons (Fsp3) is 0.136. The number of hydrogen-bond donors (Lipinski definition) is 2. The first-order chi connectivity index (χ1) is 14.6. The van der Waals surface area contributed by atoms with Crippen molar-refractivity contribution in [3.05, 3.63) is 84.1 Å². The zero-order valence-electron chi connectivity index (χ0n) is 16.3. The average Bonchev–Trinajstić information content (AvgIpc) is 3.35. The molecule has 2 heterocycles. The quantitative estimate of drug-likeness (QED) is 0.482. The number of ether oxygens (including phenoxy) is 1. The van der Waals surface area contributed by atoms with Gasteiger partial charge in [-0.3, -0.25) is 20.4 Å². The van der Waals surface area contributed by atoms with Gasteiger partial charge in [0.25, 0.3) is 11.8 Å². The van der Waals surface area contributed by atoms with Gasteiger partial charge in [-0.25, -0.2) is 4.98 Å². The summed E-state index contributed by atoms with van der Waals surface area (Å²) >= 11 is 0. The molecule has 0 aliphatic rings. The number of carbonyl (C=O) groups excluding carboxylic acids is 2. The van der Waals surface area contributed by atoms with Crippen LogP contribution >= 0.6 is 0 Å². The highest BCUT2D eigenvalue weighted by Gasteiger charge is 2.16. The van der Waals surface area contributed by atoms with E-state index in [1.165, 1.54) is 6.26 Å². The maximum Gasteiger partial charge on any atom is 0.273 e. The summed E-state index contributed by atoms with van der Waals surface area (Å²) in [5, 5.41) is 0. The third kappa shape index (κ3) is 4.17. The van der Waals surface area contributed by atoms with Gasteiger partial charge in [-0.15, -0.1) is 0 Å². The van der Waals surface area contributed by atoms with Crippen LogP contribution < -0.4 is 15.6 Å². The highest BCUT2D eigenvalue weighted by atomic mass is 16.5. The number of nitrogens with zero attached hydrogens (tertiary/aromatic N) is 2. The number of imidazole rings is 1. The maximum atomic E-state index is 12.5. The van der Waals surface area contributed by atoms with Crippen molar-refractivity contribution in [3.8, 4) is 5.75 Å². The van der Waals surface area contributed by atoms with Gasteiger partial charge in [-0.2, -0.15) is 0 Å². The number of nitrogens with one attached hydrogen (secondary N) is 2. The molecule has 4 aromatic rings. The molecule has 0 spiro atoms. The van der Waals surface area contributed by atoms with Crippen LogP contribution in [-0.2, 0) is 17.9 Å². The van der Waals surface area contributed by atoms with Crippen LogP contribution in [0.2, 0.25) is 0 Å². The minimum Gasteiger partial charge on any atom is -0.486 e. The smallest absolute Gasteiger partial charge is 0.273 e. The fourth-order valence-electron chi connectivity index (χ4n) is 3.07. The molecule has 0 saturated heterocycles. The molecule has 0 saturated carbocycles. The molecule has 0 unspecified atom stereocenters. The predicted octanol–water partition coefficient (Wildman–Crippen LogP) is 2.98. The van der Waals surface area contributed by atoms with Crippen LogP contribution in [0.15, 0.2) is 71.3 Å². The van der Waals surface area contributed by atoms with Crippen molar-refractivity contribution in [1.82, 2.24) is 20.4 Å². The molecule has 0 atom stereocenters. The van der Waals surface area contributed by atoms with Crippen LogP contribution in [0.5, 0.6) is 5.75 Å². The first kappa shape index (κ1) is 19.3. The Balaban J connectivity index is 1.47. The number of amides is 2. The molecule has 30 heavy (non-hydrogen) atoms. The van der Waals surface area contributed by atoms with E-state index in [1.54, 1.807) is 17.6 Å². The molecule has 0 aliphatic heterocycles. The zero-order valence-corrected chi connectivity index (χ0v) is 16.3. The highest BCUT2D eigenvalue weighted by molar-refractivity contribution is 5.96. The second-order valence-electron chi connectivity index (χ2n) is 6.60. The van der Waals surface area contributed by atoms with Crippen LogP contribution in [0.3, 0.4) is 0 Å². The van der Waals surface area contributed by atoms with Crippen LogP contribution in [-0.4, -0.2) is 21.4 Å². The summed E-state index contributed by atoms with van der Waals surface area (Å²) in [5.74, 6) is 0.949. The van der Waals surface area contributed by atoms with Crippen molar-refractivity contribution in [2.24, 2.45) is 0 Å². The SMILES string of the molecule is Cc1occc1C(=O)NNC(=O)Cn1c(COc2ccccc2)nc2ccccc21. The molecular weight excluding hydrogens is 384 g/mol. The number of aryl methyl sites for hydroxylation is 1. The lowest BCUT2D eigenvalue weighted by Crippen LogP contribution is -2.43. The zero-order chi connectivity index (χ0) is 20.9. The summed E-state index contributed by atoms with van der Waals surface area (Å²) in [5.41, 5.74) is 6.76. The van der Waals surface area contributed by atoms with Gasteiger partial charge < -0.3 is 13.7 Å². The minimum atomic E-state index is -0.447. The van der Waals surface area contributed by atoms with E-state index in [4.69, 9.17) is 9.15 Å². The Morgan fingerprint density at radius 2 is 1.80 bits per heavy atom. The largest absolute Gasteiger partial charge is 0.486 e. The number of fused-ring (bicyclic) bond motifs is 1. The summed E-state index contributed by atoms with van der Waals surface area (Å²) in [4.78, 5) is 29.2. The van der Waals surface area contributed by atoms with Gasteiger partial charge in [0.1, 0.15) is 30.5 Å². The van der Waals surface area contributed by atoms with E-state index in [-0.39, 0.29) is 13.2 Å². The molecule has 8 heteroatoms. The average molecular weight is 404 g/mol. The van der Waals surface area contributed by atoms with E-state index in [2.05, 4.69) is 15.8 Å². The van der Waals surface area contributed by atoms with E-state index < -0.39 is 11.8 Å². The topological polar surface area (TPSA) is 98.4 Å². The molecule has 0 bridgehead atoms. The van der Waals surface area contributed by atoms with Crippen molar-refractivity contribution in [3.63, 3.8) is 0 Å². The summed E-state index contributed by atoms with van der Waals surface area (Å²) in [6.45, 7) is 1.85. The Kier molecular flexibility index (Phi) is 5.47. The Morgan fingerprint density at radius 3 is 2.57 bits per heavy atom. The molecule has 2 N–H and O–H groups in total. The van der Waals surface area contributed by atoms with E-state index in [9.17, 15) is 9.59 Å². The van der Waals surface area contributed by atoms with Crippen LogP contribution in [0.1, 0.15) is 21.9 Å². The lowest BCUT2D eigenvalue weighted by molar-refractivity contribution is -0.122. The van der Waals surface area contributed by atoms with Crippen LogP contribution in [0.25, 0.3) is 11.0 Å². The fourth-order valence-corrected chi connectivity index (χ4v) is 3.07. The lowest BCUT2D eigenvalue weighted by Gasteiger charge is -2.11. The van der Waals surface area contributed by atoms with Crippen LogP contribution in [0, 0.1) is 6.92 Å². The number of benzene rings is 2. The number of furan rings is 1. The van der Waals surface area contributed by atoms with Crippen molar-refractivity contribution < 1.29 is 18.7 Å². The molecular formula is C22H20N4O4. The molecule has 152 valence electrons. The first-order valence-electron chi connectivity index (χ1n) is 9.37. The van der Waals surface area contributed by atoms with E-state index >= 15 is 0 Å². The second kappa shape index (κ2) is 8.52. The second-order valence-corrected chi connectivity index (χ2v) is 6.60. The Labute approximate surface area is 172 Å². The number of aromatic nitrogens is 2. The van der Waals surface area contributed by atoms with Gasteiger partial charge in [0.15, 0.2) is 0 Å². The predicted molar refractivity (Wildman–Crippen MR) is 110 cm³/mol. The highest BCUT2D eigenvalue weighted by Crippen LogP contribution is 2.18. The molecule has 2 aromatic heterocycles. The number of para-hydroxylation sites is 3. The van der Waals surface area contributed by atoms with E-state index in [1.807, 2.05) is 54.6 Å². The molecule has 4 rings (SSSR count). The van der Waals surface area contributed by atoms with Crippen molar-refractivity contribution >= 4 is 22.8 Å².